The molecule has 5 aliphatic rings. The first-order valence-electron chi connectivity index (χ1n) is 18.4. The van der Waals surface area contributed by atoms with Crippen LogP contribution in [0.25, 0.3) is 27.9 Å². The SMILES string of the molecule is CCCCN1C(=C(C2=C([O-])C(=c3cc4c5c(c3)CC=C[N+]=5CC=C4)C2=O)C2=C(O)C(=Cc3sc4ccccc4[n+]3CCCC)C2=O)Sc2ccccc21. The van der Waals surface area contributed by atoms with Gasteiger partial charge in [-0.1, -0.05) is 79.8 Å². The van der Waals surface area contributed by atoms with E-state index < -0.39 is 11.5 Å². The zero-order valence-corrected chi connectivity index (χ0v) is 31.3. The highest BCUT2D eigenvalue weighted by molar-refractivity contribution is 8.03. The van der Waals surface area contributed by atoms with E-state index in [1.54, 1.807) is 17.4 Å². The summed E-state index contributed by atoms with van der Waals surface area (Å²) in [6.07, 6.45) is 14.6. The Labute approximate surface area is 315 Å². The average Bonchev–Trinajstić information content (AvgIpc) is 3.72. The number of Topliss-reactive ketones (excluding diaryl/α,β-unsaturated/α-hetero) is 2. The highest BCUT2D eigenvalue weighted by atomic mass is 32.2. The molecule has 0 atom stereocenters. The van der Waals surface area contributed by atoms with Crippen molar-refractivity contribution in [3.8, 4) is 0 Å². The third kappa shape index (κ3) is 5.31. The molecular formula is C44H38N3O4S2+. The van der Waals surface area contributed by atoms with Crippen LogP contribution in [0.15, 0.2) is 123 Å². The molecule has 9 rings (SSSR count). The molecule has 264 valence electrons. The van der Waals surface area contributed by atoms with Crippen LogP contribution < -0.4 is 29.7 Å². The number of rotatable bonds is 9. The summed E-state index contributed by atoms with van der Waals surface area (Å²) < 4.78 is 5.48. The van der Waals surface area contributed by atoms with Crippen LogP contribution in [0.3, 0.4) is 0 Å². The number of carbonyl (C=O) groups is 2. The van der Waals surface area contributed by atoms with Crippen LogP contribution in [0.4, 0.5) is 5.69 Å². The van der Waals surface area contributed by atoms with E-state index in [0.717, 1.165) is 81.1 Å². The summed E-state index contributed by atoms with van der Waals surface area (Å²) in [5.74, 6) is -1.34. The fourth-order valence-electron chi connectivity index (χ4n) is 7.92. The first kappa shape index (κ1) is 33.6. The van der Waals surface area contributed by atoms with E-state index in [1.165, 1.54) is 11.8 Å². The highest BCUT2D eigenvalue weighted by Gasteiger charge is 2.46. The van der Waals surface area contributed by atoms with E-state index in [-0.39, 0.29) is 39.4 Å². The molecule has 1 N–H and O–H groups in total. The molecule has 3 aliphatic heterocycles. The summed E-state index contributed by atoms with van der Waals surface area (Å²) in [5.41, 5.74) is 4.65. The van der Waals surface area contributed by atoms with Crippen LogP contribution in [-0.4, -0.2) is 29.8 Å². The van der Waals surface area contributed by atoms with Gasteiger partial charge in [-0.25, -0.2) is 0 Å². The predicted molar refractivity (Wildman–Crippen MR) is 210 cm³/mol. The van der Waals surface area contributed by atoms with Crippen LogP contribution in [0, 0.1) is 0 Å². The molecule has 0 amide bonds. The van der Waals surface area contributed by atoms with Gasteiger partial charge >= 0.3 is 0 Å². The van der Waals surface area contributed by atoms with Crippen LogP contribution in [0.5, 0.6) is 0 Å². The molecule has 3 aromatic carbocycles. The Morgan fingerprint density at radius 2 is 1.79 bits per heavy atom. The lowest BCUT2D eigenvalue weighted by Gasteiger charge is -2.36. The number of hydrogen-bond acceptors (Lipinski definition) is 7. The number of thioether (sulfide) groups is 1. The number of aliphatic hydroxyl groups is 1. The second-order valence-corrected chi connectivity index (χ2v) is 16.0. The molecule has 0 unspecified atom stereocenters. The quantitative estimate of drug-likeness (QED) is 0.167. The molecule has 1 aromatic heterocycles. The smallest absolute Gasteiger partial charge is 0.263 e. The summed E-state index contributed by atoms with van der Waals surface area (Å²) in [6, 6.07) is 20.0. The van der Waals surface area contributed by atoms with Crippen LogP contribution in [-0.2, 0) is 22.6 Å². The standard InChI is InChI=1S/C44H37N3O4S2/c1-3-5-21-46-30-15-7-9-17-32(30)52-34(46)25-29-40(48)37(41(29)49)36(44-47(22-6-4-2)31-16-8-10-18-33(31)53-44)38-42(50)35(43(38)51)28-23-26-13-11-19-45-20-12-14-27(24-28)39(26)45/h7-13,15-18,20,23-25H,3-6,14,19,21-22H2,1-2H3/p+1. The molecule has 4 aromatic rings. The van der Waals surface area contributed by atoms with Gasteiger partial charge in [-0.05, 0) is 60.2 Å². The molecule has 0 fully saturated rings. The summed E-state index contributed by atoms with van der Waals surface area (Å²) in [5, 5.41) is 29.5. The largest absolute Gasteiger partial charge is 0.871 e. The fourth-order valence-corrected chi connectivity index (χ4v) is 10.3. The number of thiazole rings is 1. The van der Waals surface area contributed by atoms with E-state index in [9.17, 15) is 19.8 Å². The van der Waals surface area contributed by atoms with E-state index in [1.807, 2.05) is 48.5 Å². The Balaban J connectivity index is 1.24. The number of fused-ring (bicyclic) bond motifs is 2. The summed E-state index contributed by atoms with van der Waals surface area (Å²) in [6.45, 7) is 6.47. The summed E-state index contributed by atoms with van der Waals surface area (Å²) >= 11 is 3.02. The van der Waals surface area contributed by atoms with Crippen LogP contribution >= 0.6 is 23.1 Å². The lowest BCUT2D eigenvalue weighted by Crippen LogP contribution is -2.40. The normalized spacial score (nSPS) is 20.1. The number of hydrogen-bond donors (Lipinski definition) is 1. The number of allylic oxidation sites excluding steroid dienone is 6. The van der Waals surface area contributed by atoms with E-state index >= 15 is 0 Å². The van der Waals surface area contributed by atoms with Gasteiger partial charge in [-0.15, -0.1) is 0 Å². The molecule has 2 aliphatic carbocycles. The van der Waals surface area contributed by atoms with Crippen molar-refractivity contribution in [3.63, 3.8) is 0 Å². The van der Waals surface area contributed by atoms with Crippen molar-refractivity contribution in [2.75, 3.05) is 18.0 Å². The molecule has 0 saturated carbocycles. The van der Waals surface area contributed by atoms with Gasteiger partial charge in [0.05, 0.1) is 21.9 Å². The maximum absolute atomic E-state index is 14.5. The average molecular weight is 737 g/mol. The van der Waals surface area contributed by atoms with Crippen LogP contribution in [0.1, 0.15) is 55.7 Å². The van der Waals surface area contributed by atoms with Gasteiger partial charge in [0.15, 0.2) is 25.1 Å². The Bertz CT molecular complexity index is 2630. The number of aryl methyl sites for hydroxylation is 1. The number of ketones is 2. The number of aromatic nitrogens is 1. The zero-order valence-electron chi connectivity index (χ0n) is 29.6. The number of benzene rings is 3. The van der Waals surface area contributed by atoms with Crippen molar-refractivity contribution in [1.82, 2.24) is 4.58 Å². The number of anilines is 1. The van der Waals surface area contributed by atoms with Gasteiger partial charge in [0.1, 0.15) is 10.5 Å². The van der Waals surface area contributed by atoms with E-state index in [2.05, 4.69) is 64.5 Å². The Kier molecular flexibility index (Phi) is 8.43. The molecule has 4 heterocycles. The molecule has 53 heavy (non-hydrogen) atoms. The second-order valence-electron chi connectivity index (χ2n) is 13.9. The minimum Gasteiger partial charge on any atom is -0.871 e. The Morgan fingerprint density at radius 1 is 0.981 bits per heavy atom. The van der Waals surface area contributed by atoms with Gasteiger partial charge < -0.3 is 15.1 Å². The number of carbonyl (C=O) groups excluding carboxylic acids is 2. The van der Waals surface area contributed by atoms with E-state index in [4.69, 9.17) is 0 Å². The van der Waals surface area contributed by atoms with Gasteiger partial charge in [0.25, 0.3) is 5.01 Å². The first-order chi connectivity index (χ1) is 25.9. The van der Waals surface area contributed by atoms with E-state index in [0.29, 0.717) is 23.2 Å². The minimum absolute atomic E-state index is 0.0333. The number of aliphatic hydroxyl groups excluding tert-OH is 1. The van der Waals surface area contributed by atoms with Crippen molar-refractivity contribution in [2.24, 2.45) is 0 Å². The summed E-state index contributed by atoms with van der Waals surface area (Å²) in [4.78, 5) is 31.9. The first-order valence-corrected chi connectivity index (χ1v) is 20.0. The summed E-state index contributed by atoms with van der Waals surface area (Å²) in [7, 11) is 0. The lowest BCUT2D eigenvalue weighted by atomic mass is 9.73. The molecule has 9 heteroatoms. The topological polar surface area (TPSA) is 87.6 Å². The van der Waals surface area contributed by atoms with Crippen molar-refractivity contribution >= 4 is 68.3 Å². The zero-order chi connectivity index (χ0) is 36.4. The molecule has 0 bridgehead atoms. The second kappa shape index (κ2) is 13.3. The fraction of sp³-hybridized carbons (Fsp3) is 0.227. The number of para-hydroxylation sites is 2. The highest BCUT2D eigenvalue weighted by Crippen LogP contribution is 2.53. The van der Waals surface area contributed by atoms with Gasteiger partial charge in [-0.3, -0.25) is 9.59 Å². The molecule has 7 nitrogen and oxygen atoms in total. The van der Waals surface area contributed by atoms with Crippen molar-refractivity contribution in [1.29, 1.82) is 0 Å². The number of nitrogens with zero attached hydrogens (tertiary/aromatic N) is 3. The molecule has 0 radical (unpaired) electrons. The predicted octanol–water partition coefficient (Wildman–Crippen LogP) is 6.03. The monoisotopic (exact) mass is 736 g/mol. The van der Waals surface area contributed by atoms with Crippen molar-refractivity contribution in [3.05, 3.63) is 145 Å². The minimum atomic E-state index is -0.396. The molecular weight excluding hydrogens is 699 g/mol. The third-order valence-corrected chi connectivity index (χ3v) is 12.9. The maximum Gasteiger partial charge on any atom is 0.263 e. The Hall–Kier alpha value is -5.25. The van der Waals surface area contributed by atoms with Crippen molar-refractivity contribution in [2.45, 2.75) is 57.4 Å². The van der Waals surface area contributed by atoms with Gasteiger partial charge in [-0.2, -0.15) is 9.14 Å². The molecule has 0 spiro atoms. The van der Waals surface area contributed by atoms with Gasteiger partial charge in [0.2, 0.25) is 16.7 Å². The Morgan fingerprint density at radius 3 is 2.60 bits per heavy atom. The third-order valence-electron chi connectivity index (χ3n) is 10.6. The molecule has 0 saturated heterocycles. The van der Waals surface area contributed by atoms with Crippen molar-refractivity contribution < 1.29 is 24.4 Å². The maximum atomic E-state index is 14.5. The number of unbranched alkanes of at least 4 members (excludes halogenated alkanes) is 2. The lowest BCUT2D eigenvalue weighted by molar-refractivity contribution is -0.669. The van der Waals surface area contributed by atoms with Gasteiger partial charge in [0, 0.05) is 64.3 Å². The van der Waals surface area contributed by atoms with Crippen LogP contribution in [0.2, 0.25) is 0 Å².